The van der Waals surface area contributed by atoms with Crippen molar-refractivity contribution in [2.45, 2.75) is 26.4 Å². The first-order valence-corrected chi connectivity index (χ1v) is 6.44. The molecule has 0 radical (unpaired) electrons. The van der Waals surface area contributed by atoms with Crippen LogP contribution in [0.25, 0.3) is 0 Å². The third-order valence-corrected chi connectivity index (χ3v) is 4.33. The SMILES string of the molecule is CCCCN1Cn2c(nc(Br)c2Br)C1=O. The predicted octanol–water partition coefficient (Wildman–Crippen LogP) is 2.62. The van der Waals surface area contributed by atoms with E-state index in [2.05, 4.69) is 43.8 Å². The number of halogens is 2. The first-order chi connectivity index (χ1) is 7.15. The van der Waals surface area contributed by atoms with Gasteiger partial charge in [0.15, 0.2) is 0 Å². The third-order valence-electron chi connectivity index (χ3n) is 2.44. The number of fused-ring (bicyclic) bond motifs is 1. The Kier molecular flexibility index (Phi) is 3.16. The Bertz CT molecular complexity index is 402. The average molecular weight is 337 g/mol. The number of hydrogen-bond donors (Lipinski definition) is 0. The molecule has 4 nitrogen and oxygen atoms in total. The van der Waals surface area contributed by atoms with Crippen molar-refractivity contribution >= 4 is 37.8 Å². The number of unbranched alkanes of at least 4 members (excludes halogenated alkanes) is 1. The van der Waals surface area contributed by atoms with Crippen LogP contribution in [-0.4, -0.2) is 26.9 Å². The lowest BCUT2D eigenvalue weighted by Gasteiger charge is -2.14. The standard InChI is InChI=1S/C9H11Br2N3O/c1-2-3-4-13-5-14-7(11)6(10)12-8(14)9(13)15/h2-5H2,1H3. The van der Waals surface area contributed by atoms with Gasteiger partial charge in [0.2, 0.25) is 5.82 Å². The fourth-order valence-electron chi connectivity index (χ4n) is 1.59. The Balaban J connectivity index is 2.20. The molecule has 1 aliphatic heterocycles. The Labute approximate surface area is 105 Å². The van der Waals surface area contributed by atoms with Gasteiger partial charge in [-0.3, -0.25) is 9.36 Å². The van der Waals surface area contributed by atoms with Crippen LogP contribution >= 0.6 is 31.9 Å². The summed E-state index contributed by atoms with van der Waals surface area (Å²) in [5.74, 6) is 0.541. The molecule has 2 heterocycles. The molecule has 0 saturated carbocycles. The molecular formula is C9H11Br2N3O. The minimum absolute atomic E-state index is 0.0230. The fraction of sp³-hybridized carbons (Fsp3) is 0.556. The molecule has 0 bridgehead atoms. The lowest BCUT2D eigenvalue weighted by Crippen LogP contribution is -2.25. The van der Waals surface area contributed by atoms with E-state index in [0.717, 1.165) is 24.0 Å². The molecule has 0 aliphatic carbocycles. The van der Waals surface area contributed by atoms with Crippen LogP contribution in [0.15, 0.2) is 9.21 Å². The van der Waals surface area contributed by atoms with Gasteiger partial charge >= 0.3 is 0 Å². The molecule has 2 rings (SSSR count). The monoisotopic (exact) mass is 335 g/mol. The second kappa shape index (κ2) is 4.25. The number of carbonyl (C=O) groups is 1. The molecule has 0 spiro atoms. The lowest BCUT2D eigenvalue weighted by atomic mass is 10.3. The molecule has 1 aliphatic rings. The highest BCUT2D eigenvalue weighted by Crippen LogP contribution is 2.28. The summed E-state index contributed by atoms with van der Waals surface area (Å²) < 4.78 is 3.41. The first kappa shape index (κ1) is 11.1. The highest BCUT2D eigenvalue weighted by Gasteiger charge is 2.31. The summed E-state index contributed by atoms with van der Waals surface area (Å²) >= 11 is 6.69. The summed E-state index contributed by atoms with van der Waals surface area (Å²) in [7, 11) is 0. The van der Waals surface area contributed by atoms with E-state index in [4.69, 9.17) is 0 Å². The molecular weight excluding hydrogens is 326 g/mol. The average Bonchev–Trinajstić information content (AvgIpc) is 2.66. The zero-order chi connectivity index (χ0) is 11.0. The maximum Gasteiger partial charge on any atom is 0.291 e. The minimum Gasteiger partial charge on any atom is -0.318 e. The molecule has 0 saturated heterocycles. The van der Waals surface area contributed by atoms with Gasteiger partial charge in [-0.25, -0.2) is 4.98 Å². The molecule has 1 aromatic heterocycles. The van der Waals surface area contributed by atoms with Crippen molar-refractivity contribution in [2.75, 3.05) is 6.54 Å². The maximum absolute atomic E-state index is 11.9. The van der Waals surface area contributed by atoms with Crippen molar-refractivity contribution < 1.29 is 4.79 Å². The minimum atomic E-state index is 0.0230. The molecule has 0 unspecified atom stereocenters. The molecule has 0 aromatic carbocycles. The molecule has 1 amide bonds. The summed E-state index contributed by atoms with van der Waals surface area (Å²) in [6, 6.07) is 0. The largest absolute Gasteiger partial charge is 0.318 e. The van der Waals surface area contributed by atoms with Crippen molar-refractivity contribution in [1.29, 1.82) is 0 Å². The molecule has 0 fully saturated rings. The Hall–Kier alpha value is -0.360. The van der Waals surface area contributed by atoms with Crippen LogP contribution < -0.4 is 0 Å². The number of nitrogens with zero attached hydrogens (tertiary/aromatic N) is 3. The quantitative estimate of drug-likeness (QED) is 0.851. The van der Waals surface area contributed by atoms with Crippen LogP contribution in [0.2, 0.25) is 0 Å². The molecule has 1 aromatic rings. The van der Waals surface area contributed by atoms with Crippen LogP contribution in [0.5, 0.6) is 0 Å². The van der Waals surface area contributed by atoms with Crippen molar-refractivity contribution in [2.24, 2.45) is 0 Å². The van der Waals surface area contributed by atoms with Crippen molar-refractivity contribution in [1.82, 2.24) is 14.5 Å². The van der Waals surface area contributed by atoms with Crippen LogP contribution in [0.3, 0.4) is 0 Å². The van der Waals surface area contributed by atoms with Gasteiger partial charge in [0, 0.05) is 6.54 Å². The summed E-state index contributed by atoms with van der Waals surface area (Å²) in [4.78, 5) is 17.9. The number of carbonyl (C=O) groups excluding carboxylic acids is 1. The third kappa shape index (κ3) is 1.85. The van der Waals surface area contributed by atoms with E-state index in [1.165, 1.54) is 0 Å². The van der Waals surface area contributed by atoms with Gasteiger partial charge in [0.05, 0.1) is 0 Å². The highest BCUT2D eigenvalue weighted by atomic mass is 79.9. The second-order valence-electron chi connectivity index (χ2n) is 3.51. The first-order valence-electron chi connectivity index (χ1n) is 4.86. The van der Waals surface area contributed by atoms with Crippen LogP contribution in [0, 0.1) is 0 Å². The van der Waals surface area contributed by atoms with Crippen molar-refractivity contribution in [3.63, 3.8) is 0 Å². The van der Waals surface area contributed by atoms with E-state index in [0.29, 0.717) is 17.1 Å². The topological polar surface area (TPSA) is 38.1 Å². The smallest absolute Gasteiger partial charge is 0.291 e. The zero-order valence-electron chi connectivity index (χ0n) is 8.33. The van der Waals surface area contributed by atoms with Gasteiger partial charge < -0.3 is 4.90 Å². The second-order valence-corrected chi connectivity index (χ2v) is 5.01. The van der Waals surface area contributed by atoms with Gasteiger partial charge in [-0.15, -0.1) is 0 Å². The van der Waals surface area contributed by atoms with E-state index in [1.807, 2.05) is 9.47 Å². The normalized spacial score (nSPS) is 14.9. The highest BCUT2D eigenvalue weighted by molar-refractivity contribution is 9.13. The number of rotatable bonds is 3. The van der Waals surface area contributed by atoms with Crippen LogP contribution in [0.4, 0.5) is 0 Å². The van der Waals surface area contributed by atoms with Gasteiger partial charge in [-0.2, -0.15) is 0 Å². The Morgan fingerprint density at radius 2 is 2.20 bits per heavy atom. The van der Waals surface area contributed by atoms with Crippen LogP contribution in [0.1, 0.15) is 30.4 Å². The maximum atomic E-state index is 11.9. The number of amides is 1. The fourth-order valence-corrected chi connectivity index (χ4v) is 2.34. The van der Waals surface area contributed by atoms with Crippen LogP contribution in [-0.2, 0) is 6.67 Å². The van der Waals surface area contributed by atoms with Gasteiger partial charge in [0.25, 0.3) is 5.91 Å². The summed E-state index contributed by atoms with van der Waals surface area (Å²) in [6.45, 7) is 3.53. The molecule has 0 atom stereocenters. The molecule has 0 N–H and O–H groups in total. The van der Waals surface area contributed by atoms with E-state index < -0.39 is 0 Å². The van der Waals surface area contributed by atoms with Crippen molar-refractivity contribution in [3.05, 3.63) is 15.0 Å². The molecule has 82 valence electrons. The van der Waals surface area contributed by atoms with E-state index in [-0.39, 0.29) is 5.91 Å². The Morgan fingerprint density at radius 3 is 2.80 bits per heavy atom. The Morgan fingerprint density at radius 1 is 1.47 bits per heavy atom. The predicted molar refractivity (Wildman–Crippen MR) is 63.6 cm³/mol. The van der Waals surface area contributed by atoms with E-state index >= 15 is 0 Å². The van der Waals surface area contributed by atoms with Gasteiger partial charge in [0.1, 0.15) is 15.9 Å². The number of imidazole rings is 1. The van der Waals surface area contributed by atoms with Gasteiger partial charge in [-0.05, 0) is 38.3 Å². The number of hydrogen-bond acceptors (Lipinski definition) is 2. The molecule has 6 heteroatoms. The lowest BCUT2D eigenvalue weighted by molar-refractivity contribution is 0.0763. The van der Waals surface area contributed by atoms with E-state index in [9.17, 15) is 4.79 Å². The number of aromatic nitrogens is 2. The van der Waals surface area contributed by atoms with E-state index in [1.54, 1.807) is 0 Å². The molecule has 15 heavy (non-hydrogen) atoms. The summed E-state index contributed by atoms with van der Waals surface area (Å²) in [5.41, 5.74) is 0. The summed E-state index contributed by atoms with van der Waals surface area (Å²) in [5, 5.41) is 0. The summed E-state index contributed by atoms with van der Waals surface area (Å²) in [6.07, 6.45) is 2.13. The van der Waals surface area contributed by atoms with Gasteiger partial charge in [-0.1, -0.05) is 13.3 Å². The van der Waals surface area contributed by atoms with Crippen molar-refractivity contribution in [3.8, 4) is 0 Å². The zero-order valence-corrected chi connectivity index (χ0v) is 11.5.